The third-order valence-corrected chi connectivity index (χ3v) is 4.66. The number of quaternary nitrogens is 1. The van der Waals surface area contributed by atoms with Gasteiger partial charge in [0.1, 0.15) is 13.2 Å². The molecule has 24 heavy (non-hydrogen) atoms. The number of aliphatic carboxylic acids is 1. The van der Waals surface area contributed by atoms with Crippen LogP contribution < -0.4 is 19.5 Å². The van der Waals surface area contributed by atoms with Crippen LogP contribution in [0.4, 0.5) is 0 Å². The summed E-state index contributed by atoms with van der Waals surface area (Å²) in [5.41, 5.74) is 0.730. The molecule has 0 aromatic heterocycles. The Kier molecular flexibility index (Phi) is 7.12. The second kappa shape index (κ2) is 9.33. The number of methoxy groups -OCH3 is 1. The van der Waals surface area contributed by atoms with Gasteiger partial charge in [-0.3, -0.25) is 0 Å². The lowest BCUT2D eigenvalue weighted by Gasteiger charge is -2.28. The molecular weight excluding hydrogens is 306 g/mol. The number of carbonyl (C=O) groups excluding carboxylic acids is 1. The van der Waals surface area contributed by atoms with E-state index in [1.165, 1.54) is 43.1 Å². The third kappa shape index (κ3) is 5.57. The first-order valence-corrected chi connectivity index (χ1v) is 8.62. The largest absolute Gasteiger partial charge is 0.545 e. The van der Waals surface area contributed by atoms with E-state index in [-0.39, 0.29) is 0 Å². The Morgan fingerprint density at radius 1 is 1.29 bits per heavy atom. The Balaban J connectivity index is 1.88. The van der Waals surface area contributed by atoms with Crippen molar-refractivity contribution < 1.29 is 24.3 Å². The lowest BCUT2D eigenvalue weighted by Crippen LogP contribution is -3.13. The van der Waals surface area contributed by atoms with Crippen molar-refractivity contribution in [3.8, 4) is 11.5 Å². The minimum Gasteiger partial charge on any atom is -0.545 e. The molecular formula is C19H27NO4. The van der Waals surface area contributed by atoms with Gasteiger partial charge in [-0.2, -0.15) is 0 Å². The number of carboxylic acids is 1. The Labute approximate surface area is 143 Å². The molecule has 1 unspecified atom stereocenters. The normalized spacial score (nSPS) is 16.9. The molecule has 0 saturated heterocycles. The zero-order valence-corrected chi connectivity index (χ0v) is 14.5. The lowest BCUT2D eigenvalue weighted by molar-refractivity contribution is -0.907. The predicted molar refractivity (Wildman–Crippen MR) is 91.2 cm³/mol. The fourth-order valence-electron chi connectivity index (χ4n) is 3.19. The number of nitrogens with one attached hydrogen (secondary N) is 1. The highest BCUT2D eigenvalue weighted by Gasteiger charge is 2.21. The van der Waals surface area contributed by atoms with Gasteiger partial charge in [-0.25, -0.2) is 0 Å². The van der Waals surface area contributed by atoms with Crippen LogP contribution in [-0.2, 0) is 4.79 Å². The molecule has 1 aromatic carbocycles. The molecule has 1 fully saturated rings. The van der Waals surface area contributed by atoms with Crippen LogP contribution in [0.1, 0.15) is 37.7 Å². The molecule has 5 heteroatoms. The summed E-state index contributed by atoms with van der Waals surface area (Å²) in [7, 11) is 3.82. The first-order chi connectivity index (χ1) is 11.6. The summed E-state index contributed by atoms with van der Waals surface area (Å²) in [6.07, 6.45) is 9.16. The number of likely N-dealkylation sites (N-methyl/N-ethyl adjacent to an activating group) is 1. The third-order valence-electron chi connectivity index (χ3n) is 4.66. The molecule has 132 valence electrons. The van der Waals surface area contributed by atoms with Crippen LogP contribution in [-0.4, -0.2) is 39.3 Å². The van der Waals surface area contributed by atoms with Crippen molar-refractivity contribution in [3.63, 3.8) is 0 Å². The van der Waals surface area contributed by atoms with E-state index in [1.54, 1.807) is 19.2 Å². The van der Waals surface area contributed by atoms with E-state index < -0.39 is 5.97 Å². The quantitative estimate of drug-likeness (QED) is 0.711. The minimum absolute atomic E-state index is 0.603. The van der Waals surface area contributed by atoms with E-state index in [9.17, 15) is 9.90 Å². The van der Waals surface area contributed by atoms with E-state index in [1.807, 2.05) is 6.07 Å². The topological polar surface area (TPSA) is 63.0 Å². The van der Waals surface area contributed by atoms with Crippen LogP contribution in [0.15, 0.2) is 24.3 Å². The maximum atomic E-state index is 10.5. The first-order valence-electron chi connectivity index (χ1n) is 8.62. The minimum atomic E-state index is -1.22. The van der Waals surface area contributed by atoms with Crippen LogP contribution in [0.3, 0.4) is 0 Å². The molecule has 1 aromatic rings. The van der Waals surface area contributed by atoms with Crippen molar-refractivity contribution in [1.82, 2.24) is 0 Å². The molecule has 1 atom stereocenters. The van der Waals surface area contributed by atoms with Gasteiger partial charge in [0.15, 0.2) is 11.5 Å². The van der Waals surface area contributed by atoms with Crippen LogP contribution in [0.5, 0.6) is 11.5 Å². The fourth-order valence-corrected chi connectivity index (χ4v) is 3.19. The van der Waals surface area contributed by atoms with E-state index in [0.29, 0.717) is 18.1 Å². The summed E-state index contributed by atoms with van der Waals surface area (Å²) in [6, 6.07) is 6.12. The maximum absolute atomic E-state index is 10.5. The van der Waals surface area contributed by atoms with Crippen molar-refractivity contribution >= 4 is 12.0 Å². The number of benzene rings is 1. The molecule has 5 nitrogen and oxygen atoms in total. The highest BCUT2D eigenvalue weighted by atomic mass is 16.5. The smallest absolute Gasteiger partial charge is 0.161 e. The molecule has 0 heterocycles. The molecule has 1 aliphatic rings. The second-order valence-corrected chi connectivity index (χ2v) is 6.34. The number of carbonyl (C=O) groups is 1. The van der Waals surface area contributed by atoms with Crippen molar-refractivity contribution in [2.75, 3.05) is 27.3 Å². The summed E-state index contributed by atoms with van der Waals surface area (Å²) in [5, 5.41) is 10.5. The van der Waals surface area contributed by atoms with Crippen LogP contribution in [0.25, 0.3) is 6.08 Å². The molecule has 0 bridgehead atoms. The number of hydrogen-bond acceptors (Lipinski definition) is 4. The van der Waals surface area contributed by atoms with Crippen LogP contribution in [0, 0.1) is 0 Å². The molecule has 0 spiro atoms. The fraction of sp³-hybridized carbons (Fsp3) is 0.526. The van der Waals surface area contributed by atoms with Crippen molar-refractivity contribution in [1.29, 1.82) is 0 Å². The van der Waals surface area contributed by atoms with Crippen molar-refractivity contribution in [2.45, 2.75) is 38.1 Å². The van der Waals surface area contributed by atoms with E-state index in [4.69, 9.17) is 9.47 Å². The van der Waals surface area contributed by atoms with Crippen LogP contribution >= 0.6 is 0 Å². The van der Waals surface area contributed by atoms with E-state index >= 15 is 0 Å². The van der Waals surface area contributed by atoms with Crippen molar-refractivity contribution in [3.05, 3.63) is 29.8 Å². The highest BCUT2D eigenvalue weighted by Crippen LogP contribution is 2.28. The monoisotopic (exact) mass is 333 g/mol. The van der Waals surface area contributed by atoms with Gasteiger partial charge in [0, 0.05) is 0 Å². The van der Waals surface area contributed by atoms with Gasteiger partial charge in [-0.1, -0.05) is 18.6 Å². The molecule has 1 N–H and O–H groups in total. The predicted octanol–water partition coefficient (Wildman–Crippen LogP) is 0.685. The van der Waals surface area contributed by atoms with Gasteiger partial charge in [-0.15, -0.1) is 0 Å². The lowest BCUT2D eigenvalue weighted by atomic mass is 9.94. The number of rotatable bonds is 8. The summed E-state index contributed by atoms with van der Waals surface area (Å²) >= 11 is 0. The zero-order valence-electron chi connectivity index (χ0n) is 14.5. The molecule has 2 rings (SSSR count). The Morgan fingerprint density at radius 3 is 2.71 bits per heavy atom. The second-order valence-electron chi connectivity index (χ2n) is 6.34. The van der Waals surface area contributed by atoms with Gasteiger partial charge in [-0.05, 0) is 49.5 Å². The summed E-state index contributed by atoms with van der Waals surface area (Å²) in [4.78, 5) is 12.0. The number of hydrogen-bond donors (Lipinski definition) is 1. The molecule has 0 amide bonds. The average Bonchev–Trinajstić information content (AvgIpc) is 2.61. The first kappa shape index (κ1) is 18.3. The zero-order chi connectivity index (χ0) is 17.4. The standard InChI is InChI=1S/C19H27NO4/c1-20(16-6-4-3-5-7-16)12-13-24-17-10-8-15(9-11-19(21)22)14-18(17)23-2/h8-11,14,16H,3-7,12-13H2,1-2H3,(H,21,22)/b11-9+. The number of ether oxygens (including phenoxy) is 2. The highest BCUT2D eigenvalue weighted by molar-refractivity contribution is 5.83. The van der Waals surface area contributed by atoms with Gasteiger partial charge < -0.3 is 24.3 Å². The molecule has 0 radical (unpaired) electrons. The average molecular weight is 333 g/mol. The van der Waals surface area contributed by atoms with Gasteiger partial charge >= 0.3 is 0 Å². The van der Waals surface area contributed by atoms with Gasteiger partial charge in [0.05, 0.1) is 26.2 Å². The molecule has 0 aliphatic heterocycles. The SMILES string of the molecule is COc1cc(/C=C/C(=O)[O-])ccc1OCC[NH+](C)C1CCCCC1. The number of carboxylic acid groups (broad SMARTS) is 1. The summed E-state index contributed by atoms with van der Waals surface area (Å²) in [5.74, 6) is 0.0633. The molecule has 1 aliphatic carbocycles. The van der Waals surface area contributed by atoms with Crippen molar-refractivity contribution in [2.24, 2.45) is 0 Å². The Morgan fingerprint density at radius 2 is 2.04 bits per heavy atom. The van der Waals surface area contributed by atoms with Gasteiger partial charge in [0.25, 0.3) is 0 Å². The molecule has 1 saturated carbocycles. The Hall–Kier alpha value is -2.01. The summed E-state index contributed by atoms with van der Waals surface area (Å²) < 4.78 is 11.2. The summed E-state index contributed by atoms with van der Waals surface area (Å²) in [6.45, 7) is 1.59. The maximum Gasteiger partial charge on any atom is 0.161 e. The van der Waals surface area contributed by atoms with E-state index in [0.717, 1.165) is 24.2 Å². The van der Waals surface area contributed by atoms with E-state index in [2.05, 4.69) is 7.05 Å². The Bertz CT molecular complexity index is 564. The van der Waals surface area contributed by atoms with Gasteiger partial charge in [0.2, 0.25) is 0 Å². The van der Waals surface area contributed by atoms with Crippen LogP contribution in [0.2, 0.25) is 0 Å².